The van der Waals surface area contributed by atoms with Crippen LogP contribution in [0.25, 0.3) is 0 Å². The standard InChI is InChI=1S/C8H9ClF3N3/c1-15-7(9)5(3-2-4(3)13)6(14-15)8(10,11)12/h3-4H,2,13H2,1H3/t3-,4-/m1/s1. The van der Waals surface area contributed by atoms with E-state index in [1.54, 1.807) is 0 Å². The lowest BCUT2D eigenvalue weighted by atomic mass is 10.1. The summed E-state index contributed by atoms with van der Waals surface area (Å²) in [5.41, 5.74) is 4.66. The summed E-state index contributed by atoms with van der Waals surface area (Å²) < 4.78 is 38.8. The van der Waals surface area contributed by atoms with Crippen molar-refractivity contribution in [3.63, 3.8) is 0 Å². The van der Waals surface area contributed by atoms with Gasteiger partial charge in [0.25, 0.3) is 0 Å². The van der Waals surface area contributed by atoms with Crippen molar-refractivity contribution in [2.75, 3.05) is 0 Å². The molecular weight excluding hydrogens is 231 g/mol. The maximum atomic E-state index is 12.6. The third kappa shape index (κ3) is 1.72. The highest BCUT2D eigenvalue weighted by atomic mass is 35.5. The fraction of sp³-hybridized carbons (Fsp3) is 0.625. The second-order valence-corrected chi connectivity index (χ2v) is 4.04. The summed E-state index contributed by atoms with van der Waals surface area (Å²) in [5, 5.41) is 3.41. The van der Waals surface area contributed by atoms with E-state index in [0.717, 1.165) is 4.68 Å². The zero-order valence-corrected chi connectivity index (χ0v) is 8.60. The summed E-state index contributed by atoms with van der Waals surface area (Å²) in [6.07, 6.45) is -3.93. The van der Waals surface area contributed by atoms with Crippen LogP contribution in [0.5, 0.6) is 0 Å². The zero-order valence-electron chi connectivity index (χ0n) is 7.85. The molecule has 0 unspecified atom stereocenters. The molecule has 1 aromatic heterocycles. The lowest BCUT2D eigenvalue weighted by molar-refractivity contribution is -0.142. The van der Waals surface area contributed by atoms with Gasteiger partial charge in [-0.25, -0.2) is 0 Å². The lowest BCUT2D eigenvalue weighted by Gasteiger charge is -2.05. The first kappa shape index (κ1) is 10.8. The number of rotatable bonds is 1. The van der Waals surface area contributed by atoms with Crippen molar-refractivity contribution in [1.82, 2.24) is 9.78 Å². The Kier molecular flexibility index (Phi) is 2.24. The predicted molar refractivity (Wildman–Crippen MR) is 48.6 cm³/mol. The molecule has 1 aliphatic rings. The van der Waals surface area contributed by atoms with Crippen molar-refractivity contribution in [2.24, 2.45) is 12.8 Å². The first-order valence-electron chi connectivity index (χ1n) is 4.37. The first-order valence-corrected chi connectivity index (χ1v) is 4.75. The smallest absolute Gasteiger partial charge is 0.327 e. The SMILES string of the molecule is Cn1nc(C(F)(F)F)c([C@@H]2C[C@H]2N)c1Cl. The number of aryl methyl sites for hydroxylation is 1. The fourth-order valence-corrected chi connectivity index (χ4v) is 1.87. The van der Waals surface area contributed by atoms with Crippen molar-refractivity contribution < 1.29 is 13.2 Å². The molecule has 1 saturated carbocycles. The molecular formula is C8H9ClF3N3. The number of nitrogens with zero attached hydrogens (tertiary/aromatic N) is 2. The molecule has 0 bridgehead atoms. The van der Waals surface area contributed by atoms with E-state index in [1.165, 1.54) is 7.05 Å². The summed E-state index contributed by atoms with van der Waals surface area (Å²) in [6, 6.07) is -0.229. The molecule has 0 saturated heterocycles. The van der Waals surface area contributed by atoms with Gasteiger partial charge in [0.2, 0.25) is 0 Å². The van der Waals surface area contributed by atoms with Crippen molar-refractivity contribution in [2.45, 2.75) is 24.6 Å². The van der Waals surface area contributed by atoms with Gasteiger partial charge in [0.1, 0.15) is 5.15 Å². The maximum absolute atomic E-state index is 12.6. The van der Waals surface area contributed by atoms with Crippen molar-refractivity contribution in [3.05, 3.63) is 16.4 Å². The van der Waals surface area contributed by atoms with Gasteiger partial charge in [-0.1, -0.05) is 11.6 Å². The van der Waals surface area contributed by atoms with Crippen LogP contribution in [0.2, 0.25) is 5.15 Å². The Bertz CT molecular complexity index is 399. The minimum atomic E-state index is -4.47. The monoisotopic (exact) mass is 239 g/mol. The number of hydrogen-bond acceptors (Lipinski definition) is 2. The molecule has 2 atom stereocenters. The van der Waals surface area contributed by atoms with Gasteiger partial charge in [-0.3, -0.25) is 4.68 Å². The van der Waals surface area contributed by atoms with Gasteiger partial charge in [-0.05, 0) is 6.42 Å². The van der Waals surface area contributed by atoms with E-state index in [9.17, 15) is 13.2 Å². The van der Waals surface area contributed by atoms with Crippen LogP contribution in [-0.2, 0) is 13.2 Å². The normalized spacial score (nSPS) is 25.7. The highest BCUT2D eigenvalue weighted by Gasteiger charge is 2.47. The average molecular weight is 240 g/mol. The van der Waals surface area contributed by atoms with Crippen LogP contribution in [0.4, 0.5) is 13.2 Å². The second kappa shape index (κ2) is 3.12. The van der Waals surface area contributed by atoms with Gasteiger partial charge in [0.05, 0.1) is 0 Å². The molecule has 15 heavy (non-hydrogen) atoms. The van der Waals surface area contributed by atoms with E-state index >= 15 is 0 Å². The zero-order chi connectivity index (χ0) is 11.4. The molecule has 1 aromatic rings. The Morgan fingerprint density at radius 3 is 2.47 bits per heavy atom. The minimum Gasteiger partial charge on any atom is -0.327 e. The molecule has 84 valence electrons. The number of nitrogens with two attached hydrogens (primary N) is 1. The number of aromatic nitrogens is 2. The molecule has 1 aliphatic carbocycles. The topological polar surface area (TPSA) is 43.8 Å². The molecule has 0 amide bonds. The molecule has 0 aromatic carbocycles. The second-order valence-electron chi connectivity index (χ2n) is 3.68. The molecule has 0 radical (unpaired) electrons. The Labute approximate surface area is 89.0 Å². The summed E-state index contributed by atoms with van der Waals surface area (Å²) >= 11 is 5.77. The molecule has 1 fully saturated rings. The van der Waals surface area contributed by atoms with Crippen LogP contribution < -0.4 is 5.73 Å². The third-order valence-corrected chi connectivity index (χ3v) is 2.94. The van der Waals surface area contributed by atoms with E-state index in [4.69, 9.17) is 17.3 Å². The van der Waals surface area contributed by atoms with Crippen LogP contribution in [0.15, 0.2) is 0 Å². The Morgan fingerprint density at radius 2 is 2.07 bits per heavy atom. The number of halogens is 4. The maximum Gasteiger partial charge on any atom is 0.435 e. The van der Waals surface area contributed by atoms with Crippen LogP contribution in [-0.4, -0.2) is 15.8 Å². The summed E-state index contributed by atoms with van der Waals surface area (Å²) in [6.45, 7) is 0. The minimum absolute atomic E-state index is 0.0280. The summed E-state index contributed by atoms with van der Waals surface area (Å²) in [5.74, 6) is -0.303. The third-order valence-electron chi connectivity index (χ3n) is 2.49. The fourth-order valence-electron chi connectivity index (χ4n) is 1.60. The molecule has 1 heterocycles. The van der Waals surface area contributed by atoms with E-state index in [1.807, 2.05) is 0 Å². The van der Waals surface area contributed by atoms with Gasteiger partial charge in [0.15, 0.2) is 5.69 Å². The molecule has 7 heteroatoms. The Morgan fingerprint density at radius 1 is 1.53 bits per heavy atom. The molecule has 0 spiro atoms. The highest BCUT2D eigenvalue weighted by molar-refractivity contribution is 6.30. The summed E-state index contributed by atoms with van der Waals surface area (Å²) in [4.78, 5) is 0. The van der Waals surface area contributed by atoms with E-state index in [-0.39, 0.29) is 22.7 Å². The van der Waals surface area contributed by atoms with Crippen LogP contribution in [0.3, 0.4) is 0 Å². The number of alkyl halides is 3. The molecule has 2 rings (SSSR count). The molecule has 2 N–H and O–H groups in total. The highest BCUT2D eigenvalue weighted by Crippen LogP contribution is 2.47. The summed E-state index contributed by atoms with van der Waals surface area (Å²) in [7, 11) is 1.38. The molecule has 0 aliphatic heterocycles. The van der Waals surface area contributed by atoms with E-state index in [2.05, 4.69) is 5.10 Å². The van der Waals surface area contributed by atoms with Crippen LogP contribution >= 0.6 is 11.6 Å². The van der Waals surface area contributed by atoms with Crippen molar-refractivity contribution in [1.29, 1.82) is 0 Å². The van der Waals surface area contributed by atoms with Crippen LogP contribution in [0, 0.1) is 0 Å². The predicted octanol–water partition coefficient (Wildman–Crippen LogP) is 1.91. The van der Waals surface area contributed by atoms with E-state index < -0.39 is 11.9 Å². The van der Waals surface area contributed by atoms with Gasteiger partial charge in [-0.15, -0.1) is 0 Å². The van der Waals surface area contributed by atoms with Gasteiger partial charge in [0, 0.05) is 24.6 Å². The Hall–Kier alpha value is -0.750. The van der Waals surface area contributed by atoms with Crippen molar-refractivity contribution >= 4 is 11.6 Å². The lowest BCUT2D eigenvalue weighted by Crippen LogP contribution is -2.10. The largest absolute Gasteiger partial charge is 0.435 e. The first-order chi connectivity index (χ1) is 6.82. The quantitative estimate of drug-likeness (QED) is 0.814. The van der Waals surface area contributed by atoms with Gasteiger partial charge in [-0.2, -0.15) is 18.3 Å². The molecule has 3 nitrogen and oxygen atoms in total. The van der Waals surface area contributed by atoms with Gasteiger partial charge < -0.3 is 5.73 Å². The van der Waals surface area contributed by atoms with Crippen molar-refractivity contribution in [3.8, 4) is 0 Å². The van der Waals surface area contributed by atoms with E-state index in [0.29, 0.717) is 6.42 Å². The Balaban J connectivity index is 2.50. The number of hydrogen-bond donors (Lipinski definition) is 1. The average Bonchev–Trinajstić information content (AvgIpc) is 2.71. The van der Waals surface area contributed by atoms with Gasteiger partial charge >= 0.3 is 6.18 Å². The van der Waals surface area contributed by atoms with Crippen LogP contribution in [0.1, 0.15) is 23.6 Å².